The van der Waals surface area contributed by atoms with Crippen molar-refractivity contribution in [1.82, 2.24) is 19.3 Å². The second kappa shape index (κ2) is 14.1. The Balaban J connectivity index is 1.24. The van der Waals surface area contributed by atoms with Crippen LogP contribution in [0.4, 0.5) is 5.82 Å². The van der Waals surface area contributed by atoms with Crippen LogP contribution in [0.25, 0.3) is 11.3 Å². The average Bonchev–Trinajstić information content (AvgIpc) is 3.34. The smallest absolute Gasteiger partial charge is 0.346 e. The van der Waals surface area contributed by atoms with E-state index in [1.165, 1.54) is 36.9 Å². The van der Waals surface area contributed by atoms with Gasteiger partial charge in [-0.1, -0.05) is 80.9 Å². The average molecular weight is 674 g/mol. The van der Waals surface area contributed by atoms with Crippen LogP contribution in [0.2, 0.25) is 5.02 Å². The number of hydrogen-bond acceptors (Lipinski definition) is 6. The number of aryl methyl sites for hydroxylation is 2. The lowest BCUT2D eigenvalue weighted by Crippen LogP contribution is -2.25. The summed E-state index contributed by atoms with van der Waals surface area (Å²) in [6.45, 7) is 9.53. The minimum absolute atomic E-state index is 0.0640. The minimum Gasteiger partial charge on any atom is -0.493 e. The van der Waals surface area contributed by atoms with Gasteiger partial charge in [0.25, 0.3) is 10.0 Å². The van der Waals surface area contributed by atoms with Gasteiger partial charge >= 0.3 is 5.69 Å². The summed E-state index contributed by atoms with van der Waals surface area (Å²) in [5.41, 5.74) is 4.84. The highest BCUT2D eigenvalue weighted by atomic mass is 35.5. The number of aromatic nitrogens is 4. The van der Waals surface area contributed by atoms with Gasteiger partial charge in [-0.2, -0.15) is 5.10 Å². The topological polar surface area (TPSA) is 108 Å². The Morgan fingerprint density at radius 2 is 1.53 bits per heavy atom. The molecular weight excluding hydrogens is 634 g/mol. The number of halogens is 1. The van der Waals surface area contributed by atoms with Crippen LogP contribution in [0, 0.1) is 0 Å². The van der Waals surface area contributed by atoms with E-state index in [2.05, 4.69) is 54.7 Å². The van der Waals surface area contributed by atoms with Crippen molar-refractivity contribution < 1.29 is 13.2 Å². The summed E-state index contributed by atoms with van der Waals surface area (Å²) in [5.74, 6) is 1.18. The number of pyridine rings is 1. The molecule has 0 fully saturated rings. The maximum absolute atomic E-state index is 13.1. The Labute approximate surface area is 281 Å². The number of benzene rings is 3. The number of hydrogen-bond donors (Lipinski definition) is 1. The van der Waals surface area contributed by atoms with E-state index >= 15 is 0 Å². The highest BCUT2D eigenvalue weighted by molar-refractivity contribution is 7.92. The van der Waals surface area contributed by atoms with E-state index in [1.54, 1.807) is 21.4 Å². The quantitative estimate of drug-likeness (QED) is 0.151. The van der Waals surface area contributed by atoms with Crippen molar-refractivity contribution in [1.29, 1.82) is 0 Å². The summed E-state index contributed by atoms with van der Waals surface area (Å²) >= 11 is 5.92. The van der Waals surface area contributed by atoms with E-state index in [0.717, 1.165) is 35.4 Å². The third-order valence-corrected chi connectivity index (χ3v) is 9.62. The third kappa shape index (κ3) is 8.12. The maximum Gasteiger partial charge on any atom is 0.346 e. The summed E-state index contributed by atoms with van der Waals surface area (Å²) in [4.78, 5) is 17.7. The fourth-order valence-electron chi connectivity index (χ4n) is 5.31. The minimum atomic E-state index is -3.91. The molecule has 5 aromatic rings. The van der Waals surface area contributed by atoms with Crippen LogP contribution >= 0.6 is 11.6 Å². The van der Waals surface area contributed by atoms with Crippen molar-refractivity contribution in [2.45, 2.75) is 70.4 Å². The lowest BCUT2D eigenvalue weighted by Gasteiger charge is -2.19. The summed E-state index contributed by atoms with van der Waals surface area (Å²) in [6, 6.07) is 25.7. The molecule has 47 heavy (non-hydrogen) atoms. The van der Waals surface area contributed by atoms with Gasteiger partial charge < -0.3 is 4.74 Å². The molecule has 0 spiro atoms. The van der Waals surface area contributed by atoms with Gasteiger partial charge in [-0.15, -0.1) is 0 Å². The first-order valence-electron chi connectivity index (χ1n) is 15.6. The number of methoxy groups -OCH3 is 1. The van der Waals surface area contributed by atoms with Crippen LogP contribution in [-0.2, 0) is 41.4 Å². The lowest BCUT2D eigenvalue weighted by atomic mass is 9.87. The number of ether oxygens (including phenoxy) is 1. The van der Waals surface area contributed by atoms with Gasteiger partial charge in [0.2, 0.25) is 0 Å². The molecule has 5 rings (SSSR count). The van der Waals surface area contributed by atoms with Crippen LogP contribution in [0.1, 0.15) is 56.6 Å². The molecule has 0 aliphatic carbocycles. The molecule has 0 aliphatic rings. The van der Waals surface area contributed by atoms with Crippen LogP contribution in [-0.4, -0.2) is 34.9 Å². The second-order valence-electron chi connectivity index (χ2n) is 12.4. The second-order valence-corrected chi connectivity index (χ2v) is 14.5. The summed E-state index contributed by atoms with van der Waals surface area (Å²) in [7, 11) is -2.45. The molecule has 1 N–H and O–H groups in total. The highest BCUT2D eigenvalue weighted by Gasteiger charge is 2.19. The predicted molar refractivity (Wildman–Crippen MR) is 187 cm³/mol. The monoisotopic (exact) mass is 673 g/mol. The summed E-state index contributed by atoms with van der Waals surface area (Å²) < 4.78 is 37.2. The fraction of sp³-hybridized carbons (Fsp3) is 0.306. The summed E-state index contributed by atoms with van der Waals surface area (Å²) in [5, 5.41) is 5.14. The Morgan fingerprint density at radius 1 is 0.872 bits per heavy atom. The van der Waals surface area contributed by atoms with Crippen molar-refractivity contribution in [2.75, 3.05) is 11.8 Å². The zero-order valence-corrected chi connectivity index (χ0v) is 28.9. The van der Waals surface area contributed by atoms with E-state index in [9.17, 15) is 13.2 Å². The molecule has 11 heteroatoms. The van der Waals surface area contributed by atoms with Gasteiger partial charge in [-0.3, -0.25) is 9.29 Å². The molecule has 3 aromatic carbocycles. The molecule has 0 amide bonds. The number of anilines is 1. The molecule has 2 heterocycles. The number of rotatable bonds is 12. The SMILES string of the molecule is CCn1c(CCCc2ccc(-c3ccc(OC)c(NS(=O)(=O)c4ccc(Cl)cc4)n3)cc2)nn(Cc2ccc(C(C)(C)C)cc2)c1=O. The van der Waals surface area contributed by atoms with E-state index in [-0.39, 0.29) is 21.8 Å². The molecule has 0 saturated heterocycles. The lowest BCUT2D eigenvalue weighted by molar-refractivity contribution is 0.415. The first-order valence-corrected chi connectivity index (χ1v) is 17.4. The predicted octanol–water partition coefficient (Wildman–Crippen LogP) is 7.11. The summed E-state index contributed by atoms with van der Waals surface area (Å²) in [6.07, 6.45) is 2.31. The van der Waals surface area contributed by atoms with Crippen LogP contribution in [0.3, 0.4) is 0 Å². The number of nitrogens with zero attached hydrogens (tertiary/aromatic N) is 4. The van der Waals surface area contributed by atoms with E-state index < -0.39 is 10.0 Å². The van der Waals surface area contributed by atoms with Crippen molar-refractivity contribution in [3.05, 3.63) is 123 Å². The first kappa shape index (κ1) is 33.9. The van der Waals surface area contributed by atoms with Gasteiger partial charge in [-0.05, 0) is 78.3 Å². The van der Waals surface area contributed by atoms with E-state index in [4.69, 9.17) is 21.4 Å². The first-order chi connectivity index (χ1) is 22.4. The fourth-order valence-corrected chi connectivity index (χ4v) is 6.45. The standard InChI is InChI=1S/C36H40ClN5O4S/c1-6-41-33(39-42(35(41)43)24-26-12-16-28(17-13-26)36(2,3)4)9-7-8-25-10-14-27(15-11-25)31-22-23-32(46-5)34(38-31)40-47(44,45)30-20-18-29(37)19-21-30/h10-23H,6-9,24H2,1-5H3,(H,38,40). The van der Waals surface area contributed by atoms with Crippen LogP contribution < -0.4 is 15.1 Å². The molecule has 0 unspecified atom stereocenters. The van der Waals surface area contributed by atoms with Gasteiger partial charge in [0.15, 0.2) is 11.6 Å². The normalized spacial score (nSPS) is 11.9. The number of nitrogens with one attached hydrogen (secondary N) is 1. The molecule has 246 valence electrons. The van der Waals surface area contributed by atoms with Crippen molar-refractivity contribution >= 4 is 27.4 Å². The third-order valence-electron chi connectivity index (χ3n) is 8.02. The Bertz CT molecular complexity index is 2000. The molecule has 0 bridgehead atoms. The molecule has 9 nitrogen and oxygen atoms in total. The van der Waals surface area contributed by atoms with Gasteiger partial charge in [0.05, 0.1) is 24.2 Å². The molecule has 0 radical (unpaired) electrons. The maximum atomic E-state index is 13.1. The molecule has 2 aromatic heterocycles. The largest absolute Gasteiger partial charge is 0.493 e. The van der Waals surface area contributed by atoms with Gasteiger partial charge in [-0.25, -0.2) is 22.9 Å². The molecule has 0 saturated carbocycles. The zero-order chi connectivity index (χ0) is 33.8. The molecule has 0 aliphatic heterocycles. The van der Waals surface area contributed by atoms with Crippen LogP contribution in [0.5, 0.6) is 5.75 Å². The Kier molecular flexibility index (Phi) is 10.2. The highest BCUT2D eigenvalue weighted by Crippen LogP contribution is 2.29. The Hall–Kier alpha value is -4.41. The van der Waals surface area contributed by atoms with Crippen molar-refractivity contribution in [3.63, 3.8) is 0 Å². The molecular formula is C36H40ClN5O4S. The zero-order valence-electron chi connectivity index (χ0n) is 27.3. The number of sulfonamides is 1. The molecule has 0 atom stereocenters. The van der Waals surface area contributed by atoms with Crippen molar-refractivity contribution in [2.24, 2.45) is 0 Å². The van der Waals surface area contributed by atoms with Gasteiger partial charge in [0.1, 0.15) is 5.82 Å². The Morgan fingerprint density at radius 3 is 2.15 bits per heavy atom. The van der Waals surface area contributed by atoms with Gasteiger partial charge in [0, 0.05) is 23.6 Å². The van der Waals surface area contributed by atoms with Crippen LogP contribution in [0.15, 0.2) is 94.6 Å². The van der Waals surface area contributed by atoms with Crippen molar-refractivity contribution in [3.8, 4) is 17.0 Å². The van der Waals surface area contributed by atoms with E-state index in [0.29, 0.717) is 36.0 Å². The van der Waals surface area contributed by atoms with E-state index in [1.807, 2.05) is 31.2 Å².